The SMILES string of the molecule is CCOC(=O)/C=C/COCc1cccs1. The van der Waals surface area contributed by atoms with Gasteiger partial charge in [-0.25, -0.2) is 4.79 Å². The molecule has 0 N–H and O–H groups in total. The van der Waals surface area contributed by atoms with Crippen LogP contribution in [-0.4, -0.2) is 19.2 Å². The van der Waals surface area contributed by atoms with Crippen LogP contribution >= 0.6 is 11.3 Å². The van der Waals surface area contributed by atoms with E-state index in [0.29, 0.717) is 19.8 Å². The third kappa shape index (κ3) is 5.34. The molecule has 0 spiro atoms. The summed E-state index contributed by atoms with van der Waals surface area (Å²) in [6.45, 7) is 3.19. The molecule has 1 rings (SSSR count). The van der Waals surface area contributed by atoms with E-state index in [9.17, 15) is 4.79 Å². The van der Waals surface area contributed by atoms with Gasteiger partial charge >= 0.3 is 5.97 Å². The molecule has 0 saturated carbocycles. The number of hydrogen-bond acceptors (Lipinski definition) is 4. The zero-order chi connectivity index (χ0) is 10.9. The topological polar surface area (TPSA) is 35.5 Å². The second-order valence-electron chi connectivity index (χ2n) is 2.75. The highest BCUT2D eigenvalue weighted by atomic mass is 32.1. The van der Waals surface area contributed by atoms with Gasteiger partial charge in [-0.2, -0.15) is 0 Å². The lowest BCUT2D eigenvalue weighted by molar-refractivity contribution is -0.137. The molecular formula is C11H14O3S. The molecule has 0 radical (unpaired) electrons. The highest BCUT2D eigenvalue weighted by Gasteiger charge is 1.93. The maximum Gasteiger partial charge on any atom is 0.330 e. The van der Waals surface area contributed by atoms with Crippen LogP contribution in [0, 0.1) is 0 Å². The van der Waals surface area contributed by atoms with Gasteiger partial charge in [-0.05, 0) is 18.4 Å². The molecule has 0 bridgehead atoms. The highest BCUT2D eigenvalue weighted by Crippen LogP contribution is 2.09. The largest absolute Gasteiger partial charge is 0.463 e. The molecule has 15 heavy (non-hydrogen) atoms. The van der Waals surface area contributed by atoms with E-state index in [1.165, 1.54) is 11.0 Å². The fraction of sp³-hybridized carbons (Fsp3) is 0.364. The number of esters is 1. The molecule has 3 nitrogen and oxygen atoms in total. The molecule has 0 aliphatic heterocycles. The third-order valence-electron chi connectivity index (χ3n) is 1.58. The number of carbonyl (C=O) groups is 1. The Bertz CT molecular complexity index is 304. The molecule has 0 aliphatic rings. The highest BCUT2D eigenvalue weighted by molar-refractivity contribution is 7.09. The van der Waals surface area contributed by atoms with Crippen molar-refractivity contribution in [2.24, 2.45) is 0 Å². The lowest BCUT2D eigenvalue weighted by atomic mass is 10.5. The van der Waals surface area contributed by atoms with Gasteiger partial charge in [0.1, 0.15) is 0 Å². The Morgan fingerprint density at radius 1 is 1.60 bits per heavy atom. The minimum atomic E-state index is -0.322. The smallest absolute Gasteiger partial charge is 0.330 e. The van der Waals surface area contributed by atoms with Crippen molar-refractivity contribution in [3.05, 3.63) is 34.5 Å². The fourth-order valence-corrected chi connectivity index (χ4v) is 1.60. The van der Waals surface area contributed by atoms with Gasteiger partial charge in [0.15, 0.2) is 0 Å². The van der Waals surface area contributed by atoms with Crippen molar-refractivity contribution in [1.82, 2.24) is 0 Å². The quantitative estimate of drug-likeness (QED) is 0.424. The molecule has 1 aromatic rings. The molecule has 0 unspecified atom stereocenters. The summed E-state index contributed by atoms with van der Waals surface area (Å²) in [5.41, 5.74) is 0. The number of hydrogen-bond donors (Lipinski definition) is 0. The second kappa shape index (κ2) is 7.20. The molecular weight excluding hydrogens is 212 g/mol. The first-order valence-corrected chi connectivity index (χ1v) is 5.64. The van der Waals surface area contributed by atoms with E-state index >= 15 is 0 Å². The summed E-state index contributed by atoms with van der Waals surface area (Å²) in [5, 5.41) is 2.01. The van der Waals surface area contributed by atoms with Gasteiger partial charge in [-0.15, -0.1) is 11.3 Å². The van der Waals surface area contributed by atoms with Crippen molar-refractivity contribution < 1.29 is 14.3 Å². The Labute approximate surface area is 93.3 Å². The van der Waals surface area contributed by atoms with Crippen LogP contribution in [0.25, 0.3) is 0 Å². The number of ether oxygens (including phenoxy) is 2. The normalized spacial score (nSPS) is 10.7. The molecule has 1 heterocycles. The Morgan fingerprint density at radius 3 is 3.13 bits per heavy atom. The maximum absolute atomic E-state index is 10.9. The van der Waals surface area contributed by atoms with E-state index in [1.54, 1.807) is 24.3 Å². The van der Waals surface area contributed by atoms with Gasteiger partial charge in [-0.3, -0.25) is 0 Å². The summed E-state index contributed by atoms with van der Waals surface area (Å²) >= 11 is 1.65. The van der Waals surface area contributed by atoms with E-state index in [2.05, 4.69) is 0 Å². The summed E-state index contributed by atoms with van der Waals surface area (Å²) in [7, 11) is 0. The zero-order valence-corrected chi connectivity index (χ0v) is 9.46. The van der Waals surface area contributed by atoms with Crippen molar-refractivity contribution in [2.75, 3.05) is 13.2 Å². The predicted octanol–water partition coefficient (Wildman–Crippen LogP) is 2.38. The van der Waals surface area contributed by atoms with Crippen molar-refractivity contribution >= 4 is 17.3 Å². The van der Waals surface area contributed by atoms with E-state index in [4.69, 9.17) is 9.47 Å². The summed E-state index contributed by atoms with van der Waals surface area (Å²) in [5.74, 6) is -0.322. The van der Waals surface area contributed by atoms with Crippen LogP contribution in [0.5, 0.6) is 0 Å². The zero-order valence-electron chi connectivity index (χ0n) is 8.64. The van der Waals surface area contributed by atoms with E-state index < -0.39 is 0 Å². The number of carbonyl (C=O) groups excluding carboxylic acids is 1. The maximum atomic E-state index is 10.9. The predicted molar refractivity (Wildman–Crippen MR) is 59.7 cm³/mol. The summed E-state index contributed by atoms with van der Waals surface area (Å²) in [4.78, 5) is 12.1. The molecule has 0 fully saturated rings. The Kier molecular flexibility index (Phi) is 5.73. The Morgan fingerprint density at radius 2 is 2.47 bits per heavy atom. The lowest BCUT2D eigenvalue weighted by Gasteiger charge is -1.97. The minimum Gasteiger partial charge on any atom is -0.463 e. The van der Waals surface area contributed by atoms with E-state index in [0.717, 1.165) is 0 Å². The van der Waals surface area contributed by atoms with Crippen LogP contribution in [-0.2, 0) is 20.9 Å². The van der Waals surface area contributed by atoms with Crippen molar-refractivity contribution in [1.29, 1.82) is 0 Å². The van der Waals surface area contributed by atoms with Gasteiger partial charge in [0.05, 0.1) is 19.8 Å². The van der Waals surface area contributed by atoms with Crippen LogP contribution < -0.4 is 0 Å². The average Bonchev–Trinajstić information content (AvgIpc) is 2.70. The lowest BCUT2D eigenvalue weighted by Crippen LogP contribution is -2.00. The van der Waals surface area contributed by atoms with Crippen LogP contribution in [0.2, 0.25) is 0 Å². The van der Waals surface area contributed by atoms with Crippen molar-refractivity contribution in [2.45, 2.75) is 13.5 Å². The van der Waals surface area contributed by atoms with Gasteiger partial charge in [-0.1, -0.05) is 12.1 Å². The number of rotatable bonds is 6. The van der Waals surface area contributed by atoms with Gasteiger partial charge in [0.25, 0.3) is 0 Å². The second-order valence-corrected chi connectivity index (χ2v) is 3.78. The molecule has 0 aromatic carbocycles. The summed E-state index contributed by atoms with van der Waals surface area (Å²) in [6, 6.07) is 4.00. The molecule has 0 atom stereocenters. The van der Waals surface area contributed by atoms with E-state index in [-0.39, 0.29) is 5.97 Å². The standard InChI is InChI=1S/C11H14O3S/c1-2-14-11(12)6-3-7-13-9-10-5-4-8-15-10/h3-6,8H,2,7,9H2,1H3/b6-3+. The monoisotopic (exact) mass is 226 g/mol. The minimum absolute atomic E-state index is 0.322. The molecule has 0 aliphatic carbocycles. The van der Waals surface area contributed by atoms with Crippen LogP contribution in [0.1, 0.15) is 11.8 Å². The van der Waals surface area contributed by atoms with E-state index in [1.807, 2.05) is 17.5 Å². The first kappa shape index (κ1) is 11.9. The van der Waals surface area contributed by atoms with Crippen molar-refractivity contribution in [3.63, 3.8) is 0 Å². The molecule has 1 aromatic heterocycles. The van der Waals surface area contributed by atoms with Gasteiger partial charge in [0.2, 0.25) is 0 Å². The molecule has 0 saturated heterocycles. The molecule has 0 amide bonds. The van der Waals surface area contributed by atoms with Gasteiger partial charge < -0.3 is 9.47 Å². The first-order valence-electron chi connectivity index (χ1n) is 4.76. The Hall–Kier alpha value is -1.13. The molecule has 4 heteroatoms. The Balaban J connectivity index is 2.08. The van der Waals surface area contributed by atoms with Gasteiger partial charge in [0, 0.05) is 11.0 Å². The molecule has 82 valence electrons. The first-order chi connectivity index (χ1) is 7.33. The third-order valence-corrected chi connectivity index (χ3v) is 2.43. The summed E-state index contributed by atoms with van der Waals surface area (Å²) in [6.07, 6.45) is 3.05. The van der Waals surface area contributed by atoms with Crippen LogP contribution in [0.3, 0.4) is 0 Å². The average molecular weight is 226 g/mol. The fourth-order valence-electron chi connectivity index (χ4n) is 0.957. The van der Waals surface area contributed by atoms with Crippen LogP contribution in [0.4, 0.5) is 0 Å². The van der Waals surface area contributed by atoms with Crippen molar-refractivity contribution in [3.8, 4) is 0 Å². The van der Waals surface area contributed by atoms with Crippen LogP contribution in [0.15, 0.2) is 29.7 Å². The number of thiophene rings is 1. The summed E-state index contributed by atoms with van der Waals surface area (Å²) < 4.78 is 10.0.